The van der Waals surface area contributed by atoms with Crippen molar-refractivity contribution in [2.45, 2.75) is 155 Å². The lowest BCUT2D eigenvalue weighted by atomic mass is 10.1. The fraction of sp³-hybridized carbons (Fsp3) is 0.654. The van der Waals surface area contributed by atoms with Crippen LogP contribution in [0.5, 0.6) is 0 Å². The summed E-state index contributed by atoms with van der Waals surface area (Å²) in [6, 6.07) is 0. The average molecular weight is 868 g/mol. The van der Waals surface area contributed by atoms with Crippen LogP contribution < -0.4 is 5.32 Å². The largest absolute Gasteiger partial charge is 0.460 e. The summed E-state index contributed by atoms with van der Waals surface area (Å²) in [4.78, 5) is 47.7. The van der Waals surface area contributed by atoms with E-state index in [1.807, 2.05) is 79.8 Å². The smallest absolute Gasteiger partial charge is 0.307 e. The van der Waals surface area contributed by atoms with E-state index in [0.29, 0.717) is 26.1 Å². The van der Waals surface area contributed by atoms with Crippen LogP contribution in [0.4, 0.5) is 0 Å². The van der Waals surface area contributed by atoms with Gasteiger partial charge in [0.25, 0.3) is 0 Å². The number of esters is 3. The number of ether oxygens (including phenoxy) is 3. The molecule has 0 heterocycles. The summed E-state index contributed by atoms with van der Waals surface area (Å²) in [6.45, 7) is 9.70. The second-order valence-electron chi connectivity index (χ2n) is 17.6. The Kier molecular flexibility index (Phi) is 37.2. The van der Waals surface area contributed by atoms with Gasteiger partial charge in [0.05, 0.1) is 41.3 Å². The van der Waals surface area contributed by atoms with Gasteiger partial charge >= 0.3 is 17.9 Å². The molecule has 62 heavy (non-hydrogen) atoms. The van der Waals surface area contributed by atoms with Crippen molar-refractivity contribution in [3.63, 3.8) is 0 Å². The molecule has 352 valence electrons. The molecule has 0 aliphatic heterocycles. The lowest BCUT2D eigenvalue weighted by Gasteiger charge is -2.29. The Morgan fingerprint density at radius 3 is 1.18 bits per heavy atom. The van der Waals surface area contributed by atoms with Gasteiger partial charge in [0.2, 0.25) is 5.91 Å². The molecule has 0 aromatic rings. The van der Waals surface area contributed by atoms with Gasteiger partial charge in [0.15, 0.2) is 6.23 Å². The van der Waals surface area contributed by atoms with E-state index in [-0.39, 0.29) is 23.8 Å². The molecule has 0 rings (SSSR count). The number of quaternary nitrogens is 2. The Bertz CT molecular complexity index is 1320. The van der Waals surface area contributed by atoms with Crippen LogP contribution in [-0.2, 0) is 33.4 Å². The molecule has 10 nitrogen and oxygen atoms in total. The Morgan fingerprint density at radius 1 is 0.452 bits per heavy atom. The zero-order chi connectivity index (χ0) is 46.0. The SMILES string of the molecule is C/C=C/C=C/C=C/C=C/C=C/C=C/C=C/C(NC(=O)CCCCCCCCCCC[N+](C)(C)CCOC(C)=O)OC(=O)CCCCCCCCCCC[N+](C)(C)CCOC(C)=O. The summed E-state index contributed by atoms with van der Waals surface area (Å²) in [5, 5.41) is 2.92. The van der Waals surface area contributed by atoms with E-state index in [1.54, 1.807) is 12.2 Å². The first-order valence-corrected chi connectivity index (χ1v) is 23.8. The first kappa shape index (κ1) is 58.0. The minimum absolute atomic E-state index is 0.105. The van der Waals surface area contributed by atoms with Crippen LogP contribution in [0.1, 0.15) is 149 Å². The number of allylic oxidation sites excluding steroid dienone is 13. The molecule has 0 aromatic carbocycles. The number of nitrogens with one attached hydrogen (secondary N) is 1. The number of carbonyl (C=O) groups excluding carboxylic acids is 4. The fourth-order valence-corrected chi connectivity index (χ4v) is 6.67. The maximum atomic E-state index is 12.9. The van der Waals surface area contributed by atoms with E-state index in [2.05, 4.69) is 33.5 Å². The van der Waals surface area contributed by atoms with Gasteiger partial charge in [-0.25, -0.2) is 0 Å². The Labute approximate surface area is 378 Å². The molecule has 0 aliphatic rings. The molecule has 0 spiro atoms. The number of rotatable bonds is 39. The second kappa shape index (κ2) is 39.8. The van der Waals surface area contributed by atoms with Gasteiger partial charge in [-0.05, 0) is 51.5 Å². The molecular formula is C52H89N3O7+2. The van der Waals surface area contributed by atoms with Crippen molar-refractivity contribution in [3.05, 3.63) is 85.1 Å². The fourth-order valence-electron chi connectivity index (χ4n) is 6.67. The predicted molar refractivity (Wildman–Crippen MR) is 257 cm³/mol. The third kappa shape index (κ3) is 42.7. The van der Waals surface area contributed by atoms with E-state index in [4.69, 9.17) is 14.2 Å². The number of unbranched alkanes of at least 4 members (excludes halogenated alkanes) is 16. The maximum absolute atomic E-state index is 12.9. The van der Waals surface area contributed by atoms with Gasteiger partial charge in [-0.3, -0.25) is 19.2 Å². The number of nitrogens with zero attached hydrogens (tertiary/aromatic N) is 2. The van der Waals surface area contributed by atoms with Gasteiger partial charge in [-0.2, -0.15) is 0 Å². The number of carbonyl (C=O) groups is 4. The van der Waals surface area contributed by atoms with Crippen LogP contribution in [0.3, 0.4) is 0 Å². The third-order valence-corrected chi connectivity index (χ3v) is 10.6. The highest BCUT2D eigenvalue weighted by Gasteiger charge is 2.17. The maximum Gasteiger partial charge on any atom is 0.307 e. The normalized spacial score (nSPS) is 13.2. The summed E-state index contributed by atoms with van der Waals surface area (Å²) in [5.41, 5.74) is 0. The highest BCUT2D eigenvalue weighted by Crippen LogP contribution is 2.14. The van der Waals surface area contributed by atoms with Crippen LogP contribution >= 0.6 is 0 Å². The molecule has 1 unspecified atom stereocenters. The number of likely N-dealkylation sites (N-methyl/N-ethyl adjacent to an activating group) is 2. The van der Waals surface area contributed by atoms with E-state index < -0.39 is 6.23 Å². The van der Waals surface area contributed by atoms with Gasteiger partial charge in [-0.1, -0.05) is 156 Å². The van der Waals surface area contributed by atoms with Crippen molar-refractivity contribution in [1.29, 1.82) is 0 Å². The lowest BCUT2D eigenvalue weighted by molar-refractivity contribution is -0.890. The van der Waals surface area contributed by atoms with Crippen LogP contribution in [0.15, 0.2) is 85.1 Å². The topological polar surface area (TPSA) is 108 Å². The minimum Gasteiger partial charge on any atom is -0.460 e. The highest BCUT2D eigenvalue weighted by atomic mass is 16.6. The molecule has 0 saturated carbocycles. The minimum atomic E-state index is -0.805. The first-order valence-electron chi connectivity index (χ1n) is 23.8. The third-order valence-electron chi connectivity index (χ3n) is 10.6. The lowest BCUT2D eigenvalue weighted by Crippen LogP contribution is -2.43. The van der Waals surface area contributed by atoms with Gasteiger partial charge in [-0.15, -0.1) is 0 Å². The molecular weight excluding hydrogens is 779 g/mol. The highest BCUT2D eigenvalue weighted by molar-refractivity contribution is 5.77. The molecule has 0 radical (unpaired) electrons. The standard InChI is InChI=1S/C52H88N3O7/c1-8-9-10-11-12-13-14-15-16-20-25-30-35-40-51(53-50(58)39-34-29-24-19-17-22-27-32-37-42-54(4,5)44-46-60-48(2)56)62-52(59)41-36-31-26-21-18-23-28-33-38-43-55(6,7)45-47-61-49(3)57/h8-16,20,25,30,35,40,51H,17-19,21-24,26-29,31-34,36-39,41-47H2,1-7H3/q+1/p+1/b9-8+,11-10+,13-12+,15-14+,20-16+,30-25+,40-35+. The van der Waals surface area contributed by atoms with Gasteiger partial charge in [0.1, 0.15) is 26.3 Å². The molecule has 0 saturated heterocycles. The molecule has 0 aromatic heterocycles. The van der Waals surface area contributed by atoms with E-state index >= 15 is 0 Å². The molecule has 0 bridgehead atoms. The summed E-state index contributed by atoms with van der Waals surface area (Å²) in [7, 11) is 8.75. The van der Waals surface area contributed by atoms with Crippen LogP contribution in [-0.4, -0.2) is 107 Å². The second-order valence-corrected chi connectivity index (χ2v) is 17.6. The molecule has 1 N–H and O–H groups in total. The van der Waals surface area contributed by atoms with Crippen molar-refractivity contribution >= 4 is 23.8 Å². The summed E-state index contributed by atoms with van der Waals surface area (Å²) in [5.74, 6) is -0.829. The quantitative estimate of drug-likeness (QED) is 0.0164. The molecule has 10 heteroatoms. The zero-order valence-corrected chi connectivity index (χ0v) is 40.3. The van der Waals surface area contributed by atoms with Crippen molar-refractivity contribution in [1.82, 2.24) is 5.32 Å². The van der Waals surface area contributed by atoms with E-state index in [0.717, 1.165) is 73.7 Å². The number of hydrogen-bond donors (Lipinski definition) is 1. The van der Waals surface area contributed by atoms with Gasteiger partial charge in [0, 0.05) is 26.7 Å². The van der Waals surface area contributed by atoms with E-state index in [1.165, 1.54) is 90.9 Å². The summed E-state index contributed by atoms with van der Waals surface area (Å²) in [6.07, 6.45) is 47.1. The van der Waals surface area contributed by atoms with Crippen LogP contribution in [0.2, 0.25) is 0 Å². The molecule has 0 fully saturated rings. The summed E-state index contributed by atoms with van der Waals surface area (Å²) >= 11 is 0. The van der Waals surface area contributed by atoms with Crippen molar-refractivity contribution in [2.75, 3.05) is 67.6 Å². The van der Waals surface area contributed by atoms with Crippen molar-refractivity contribution in [3.8, 4) is 0 Å². The predicted octanol–water partition coefficient (Wildman–Crippen LogP) is 11.0. The monoisotopic (exact) mass is 868 g/mol. The zero-order valence-electron chi connectivity index (χ0n) is 40.3. The number of hydrogen-bond acceptors (Lipinski definition) is 7. The summed E-state index contributed by atoms with van der Waals surface area (Å²) < 4.78 is 17.7. The Hall–Kier alpha value is -4.02. The van der Waals surface area contributed by atoms with Gasteiger partial charge < -0.3 is 28.5 Å². The van der Waals surface area contributed by atoms with E-state index in [9.17, 15) is 19.2 Å². The Balaban J connectivity index is 4.57. The molecule has 1 atom stereocenters. The first-order chi connectivity index (χ1) is 29.8. The molecule has 1 amide bonds. The Morgan fingerprint density at radius 2 is 0.790 bits per heavy atom. The van der Waals surface area contributed by atoms with Crippen LogP contribution in [0.25, 0.3) is 0 Å². The average Bonchev–Trinajstić information content (AvgIpc) is 3.20. The van der Waals surface area contributed by atoms with Crippen molar-refractivity contribution in [2.24, 2.45) is 0 Å². The van der Waals surface area contributed by atoms with Crippen LogP contribution in [0, 0.1) is 0 Å². The van der Waals surface area contributed by atoms with Crippen molar-refractivity contribution < 1.29 is 42.4 Å². The number of amides is 1. The molecule has 0 aliphatic carbocycles.